The van der Waals surface area contributed by atoms with Gasteiger partial charge in [0.25, 0.3) is 5.97 Å². The molecule has 0 N–H and O–H groups in total. The van der Waals surface area contributed by atoms with Gasteiger partial charge < -0.3 is 18.6 Å². The van der Waals surface area contributed by atoms with E-state index in [9.17, 15) is 58.7 Å². The van der Waals surface area contributed by atoms with Gasteiger partial charge in [-0.05, 0) is 0 Å². The number of carbonyl (C=O) groups excluding carboxylic acids is 4. The van der Waals surface area contributed by atoms with E-state index in [2.05, 4.69) is 18.6 Å². The molecule has 0 aliphatic carbocycles. The van der Waals surface area contributed by atoms with Crippen LogP contribution in [0.1, 0.15) is 6.92 Å². The second kappa shape index (κ2) is 7.28. The van der Waals surface area contributed by atoms with Crippen molar-refractivity contribution in [2.45, 2.75) is 25.5 Å². The highest BCUT2D eigenvalue weighted by atomic mass is 19.4. The van der Waals surface area contributed by atoms with Gasteiger partial charge in [-0.2, -0.15) is 39.5 Å². The molecule has 8 nitrogen and oxygen atoms in total. The maximum absolute atomic E-state index is 12.1. The molecular weight excluding hydrogens is 406 g/mol. The normalized spacial score (nSPS) is 12.8. The van der Waals surface area contributed by atoms with Crippen LogP contribution in [0, 0.1) is 0 Å². The Morgan fingerprint density at radius 3 is 0.962 bits per heavy atom. The Balaban J connectivity index is 6.09. The van der Waals surface area contributed by atoms with Gasteiger partial charge >= 0.3 is 43.4 Å². The van der Waals surface area contributed by atoms with Gasteiger partial charge in [0.05, 0.1) is 0 Å². The molecule has 0 fully saturated rings. The number of hydrogen-bond acceptors (Lipinski definition) is 8. The number of alkyl halides is 9. The molecule has 0 aliphatic heterocycles. The van der Waals surface area contributed by atoms with Crippen LogP contribution < -0.4 is 0 Å². The molecule has 0 atom stereocenters. The maximum Gasteiger partial charge on any atom is 0.785 e. The Bertz CT molecular complexity index is 523. The lowest BCUT2D eigenvalue weighted by Crippen LogP contribution is -2.58. The first-order chi connectivity index (χ1) is 11.3. The van der Waals surface area contributed by atoms with Crippen molar-refractivity contribution in [2.24, 2.45) is 0 Å². The third kappa shape index (κ3) is 7.05. The van der Waals surface area contributed by atoms with Crippen LogP contribution in [0.3, 0.4) is 0 Å². The fourth-order valence-electron chi connectivity index (χ4n) is 0.941. The van der Waals surface area contributed by atoms with Gasteiger partial charge in [0.15, 0.2) is 0 Å². The minimum Gasteiger partial charge on any atom is -0.585 e. The molecule has 0 radical (unpaired) electrons. The number of halogens is 9. The van der Waals surface area contributed by atoms with Crippen LogP contribution >= 0.6 is 0 Å². The first-order valence-electron chi connectivity index (χ1n) is 5.53. The summed E-state index contributed by atoms with van der Waals surface area (Å²) in [4.78, 5) is 42.7. The number of hydrogen-bond donors (Lipinski definition) is 0. The highest BCUT2D eigenvalue weighted by Gasteiger charge is 2.58. The molecule has 0 spiro atoms. The van der Waals surface area contributed by atoms with E-state index in [1.807, 2.05) is 0 Å². The van der Waals surface area contributed by atoms with Crippen LogP contribution in [-0.4, -0.2) is 49.4 Å². The van der Waals surface area contributed by atoms with Crippen molar-refractivity contribution in [1.82, 2.24) is 0 Å². The zero-order valence-corrected chi connectivity index (χ0v) is 11.7. The van der Waals surface area contributed by atoms with E-state index < -0.39 is 49.4 Å². The highest BCUT2D eigenvalue weighted by molar-refractivity contribution is 6.61. The van der Waals surface area contributed by atoms with E-state index in [-0.39, 0.29) is 6.92 Å². The maximum atomic E-state index is 12.1. The Kier molecular flexibility index (Phi) is 6.53. The Morgan fingerprint density at radius 2 is 0.808 bits per heavy atom. The first-order valence-corrected chi connectivity index (χ1v) is 5.53. The second-order valence-corrected chi connectivity index (χ2v) is 3.90. The molecule has 0 heterocycles. The van der Waals surface area contributed by atoms with E-state index in [0.29, 0.717) is 0 Å². The highest BCUT2D eigenvalue weighted by Crippen LogP contribution is 2.28. The van der Waals surface area contributed by atoms with Crippen molar-refractivity contribution < 1.29 is 77.3 Å². The average Bonchev–Trinajstić information content (AvgIpc) is 2.33. The van der Waals surface area contributed by atoms with E-state index >= 15 is 0 Å². The van der Waals surface area contributed by atoms with Crippen LogP contribution in [0.2, 0.25) is 0 Å². The summed E-state index contributed by atoms with van der Waals surface area (Å²) in [6.45, 7) is -5.76. The van der Waals surface area contributed by atoms with Gasteiger partial charge in [-0.3, -0.25) is 4.79 Å². The molecule has 0 saturated carbocycles. The Morgan fingerprint density at radius 1 is 0.577 bits per heavy atom. The SMILES string of the molecule is CC(=O)O[B-](OC(=O)C(F)(F)F)(OC(=O)C(F)(F)F)OC(=O)C(F)(F)F. The molecule has 0 aliphatic rings. The Hall–Kier alpha value is -2.69. The van der Waals surface area contributed by atoms with E-state index in [1.165, 1.54) is 0 Å². The fraction of sp³-hybridized carbons (Fsp3) is 0.500. The predicted octanol–water partition coefficient (Wildman–Crippen LogP) is 1.30. The van der Waals surface area contributed by atoms with Crippen molar-refractivity contribution in [2.75, 3.05) is 0 Å². The lowest BCUT2D eigenvalue weighted by molar-refractivity contribution is -0.216. The van der Waals surface area contributed by atoms with Crippen LogP contribution in [0.15, 0.2) is 0 Å². The topological polar surface area (TPSA) is 105 Å². The minimum absolute atomic E-state index is 0.167. The third-order valence-corrected chi connectivity index (χ3v) is 1.76. The van der Waals surface area contributed by atoms with Crippen molar-refractivity contribution in [1.29, 1.82) is 0 Å². The molecular formula is C8H3BF9O8-. The summed E-state index contributed by atoms with van der Waals surface area (Å²) in [6, 6.07) is 0. The summed E-state index contributed by atoms with van der Waals surface area (Å²) in [7, 11) is 0. The summed E-state index contributed by atoms with van der Waals surface area (Å²) in [6.07, 6.45) is -18.3. The summed E-state index contributed by atoms with van der Waals surface area (Å²) < 4.78 is 122. The third-order valence-electron chi connectivity index (χ3n) is 1.76. The molecule has 0 aromatic carbocycles. The molecule has 0 rings (SSSR count). The van der Waals surface area contributed by atoms with Crippen LogP contribution in [0.5, 0.6) is 0 Å². The quantitative estimate of drug-likeness (QED) is 0.506. The van der Waals surface area contributed by atoms with Gasteiger partial charge in [-0.1, -0.05) is 0 Å². The average molecular weight is 409 g/mol. The molecule has 0 unspecified atom stereocenters. The van der Waals surface area contributed by atoms with Gasteiger partial charge in [-0.15, -0.1) is 0 Å². The van der Waals surface area contributed by atoms with E-state index in [1.54, 1.807) is 0 Å². The fourth-order valence-corrected chi connectivity index (χ4v) is 0.941. The van der Waals surface area contributed by atoms with Crippen molar-refractivity contribution >= 4 is 30.8 Å². The molecule has 0 amide bonds. The lowest BCUT2D eigenvalue weighted by Gasteiger charge is -2.37. The largest absolute Gasteiger partial charge is 0.785 e. The molecule has 0 aromatic rings. The van der Waals surface area contributed by atoms with Gasteiger partial charge in [0, 0.05) is 6.92 Å². The lowest BCUT2D eigenvalue weighted by atomic mass is 10.0. The zero-order valence-electron chi connectivity index (χ0n) is 11.7. The predicted molar refractivity (Wildman–Crippen MR) is 54.0 cm³/mol. The first kappa shape index (κ1) is 23.3. The van der Waals surface area contributed by atoms with E-state index in [0.717, 1.165) is 0 Å². The molecule has 0 saturated heterocycles. The van der Waals surface area contributed by atoms with E-state index in [4.69, 9.17) is 0 Å². The Labute approximate surface area is 135 Å². The standard InChI is InChI=1S/C8H3BF9O8/c1-2(19)23-9(24-3(20)6(10,11)12,25-4(21)7(13,14)15)26-5(22)8(16,17)18/h1H3/q-1. The monoisotopic (exact) mass is 409 g/mol. The van der Waals surface area contributed by atoms with Crippen molar-refractivity contribution in [3.05, 3.63) is 0 Å². The second-order valence-electron chi connectivity index (χ2n) is 3.90. The smallest absolute Gasteiger partial charge is 0.585 e. The number of carbonyl (C=O) groups is 4. The van der Waals surface area contributed by atoms with Gasteiger partial charge in [0.2, 0.25) is 0 Å². The van der Waals surface area contributed by atoms with Crippen molar-refractivity contribution in [3.63, 3.8) is 0 Å². The van der Waals surface area contributed by atoms with Crippen LogP contribution in [0.25, 0.3) is 0 Å². The van der Waals surface area contributed by atoms with Crippen molar-refractivity contribution in [3.8, 4) is 0 Å². The summed E-state index contributed by atoms with van der Waals surface area (Å²) >= 11 is 0. The summed E-state index contributed by atoms with van der Waals surface area (Å²) in [5, 5.41) is 0. The van der Waals surface area contributed by atoms with Crippen LogP contribution in [0.4, 0.5) is 39.5 Å². The summed E-state index contributed by atoms with van der Waals surface area (Å²) in [5.41, 5.74) is 0. The van der Waals surface area contributed by atoms with Crippen LogP contribution in [-0.2, 0) is 37.8 Å². The number of rotatable bonds is 4. The van der Waals surface area contributed by atoms with Gasteiger partial charge in [-0.25, -0.2) is 14.4 Å². The summed E-state index contributed by atoms with van der Waals surface area (Å²) in [5.74, 6) is -12.9. The molecule has 0 aromatic heterocycles. The minimum atomic E-state index is -6.09. The molecule has 150 valence electrons. The molecule has 26 heavy (non-hydrogen) atoms. The molecule has 18 heteroatoms. The molecule has 0 bridgehead atoms. The van der Waals surface area contributed by atoms with Gasteiger partial charge in [0.1, 0.15) is 0 Å². The zero-order chi connectivity index (χ0) is 21.1.